The minimum atomic E-state index is 0.174. The molecule has 6 rings (SSSR count). The standard InChI is InChI=1S/C33H32N4O3/c1-23-10-9-15-31(38)37(23)26-16-17-27-29(20-26)36(2)35-32(27)28-18-19-30(39-21-24-11-5-3-6-12-24)34-33(28)40-22-25-13-7-4-8-14-25/h3-8,11-14,16-20,23H,9-10,15,21-22H2,1-2H3/t23-/m1/s1. The van der Waals surface area contributed by atoms with Crippen molar-refractivity contribution in [3.8, 4) is 23.0 Å². The first-order valence-electron chi connectivity index (χ1n) is 13.7. The van der Waals surface area contributed by atoms with Crippen molar-refractivity contribution in [2.75, 3.05) is 4.90 Å². The van der Waals surface area contributed by atoms with Crippen molar-refractivity contribution in [2.24, 2.45) is 7.05 Å². The number of hydrogen-bond donors (Lipinski definition) is 0. The zero-order valence-corrected chi connectivity index (χ0v) is 22.8. The summed E-state index contributed by atoms with van der Waals surface area (Å²) in [7, 11) is 1.92. The predicted molar refractivity (Wildman–Crippen MR) is 156 cm³/mol. The molecule has 3 heterocycles. The van der Waals surface area contributed by atoms with Gasteiger partial charge in [0, 0.05) is 36.7 Å². The molecule has 1 aliphatic rings. The molecule has 0 aliphatic carbocycles. The van der Waals surface area contributed by atoms with Gasteiger partial charge in [-0.05, 0) is 55.2 Å². The van der Waals surface area contributed by atoms with Crippen LogP contribution in [0, 0.1) is 0 Å². The number of ether oxygens (including phenoxy) is 2. The summed E-state index contributed by atoms with van der Waals surface area (Å²) in [6.45, 7) is 2.89. The number of carbonyl (C=O) groups excluding carboxylic acids is 1. The number of carbonyl (C=O) groups is 1. The van der Waals surface area contributed by atoms with Crippen molar-refractivity contribution in [2.45, 2.75) is 45.4 Å². The quantitative estimate of drug-likeness (QED) is 0.222. The van der Waals surface area contributed by atoms with Crippen LogP contribution in [0.15, 0.2) is 91.0 Å². The van der Waals surface area contributed by atoms with Gasteiger partial charge in [0.05, 0.1) is 11.1 Å². The summed E-state index contributed by atoms with van der Waals surface area (Å²) in [6.07, 6.45) is 2.54. The first kappa shape index (κ1) is 25.6. The van der Waals surface area contributed by atoms with Crippen LogP contribution in [0.1, 0.15) is 37.3 Å². The van der Waals surface area contributed by atoms with E-state index in [2.05, 4.69) is 13.0 Å². The van der Waals surface area contributed by atoms with Gasteiger partial charge in [0.1, 0.15) is 18.9 Å². The Bertz CT molecular complexity index is 1630. The molecule has 1 fully saturated rings. The molecule has 202 valence electrons. The fourth-order valence-electron chi connectivity index (χ4n) is 5.29. The van der Waals surface area contributed by atoms with Gasteiger partial charge in [0.2, 0.25) is 17.7 Å². The van der Waals surface area contributed by atoms with E-state index in [9.17, 15) is 4.79 Å². The average Bonchev–Trinajstić information content (AvgIpc) is 3.31. The summed E-state index contributed by atoms with van der Waals surface area (Å²) < 4.78 is 14.2. The molecule has 1 atom stereocenters. The smallest absolute Gasteiger partial charge is 0.227 e. The van der Waals surface area contributed by atoms with Gasteiger partial charge in [-0.25, -0.2) is 0 Å². The van der Waals surface area contributed by atoms with E-state index in [1.165, 1.54) is 0 Å². The van der Waals surface area contributed by atoms with Crippen LogP contribution in [0.5, 0.6) is 11.8 Å². The van der Waals surface area contributed by atoms with Crippen LogP contribution in [-0.4, -0.2) is 26.7 Å². The molecule has 1 amide bonds. The molecule has 0 saturated carbocycles. The third kappa shape index (κ3) is 5.27. The van der Waals surface area contributed by atoms with Gasteiger partial charge in [-0.2, -0.15) is 10.1 Å². The van der Waals surface area contributed by atoms with Crippen molar-refractivity contribution >= 4 is 22.5 Å². The Morgan fingerprint density at radius 2 is 1.57 bits per heavy atom. The summed E-state index contributed by atoms with van der Waals surface area (Å²) >= 11 is 0. The largest absolute Gasteiger partial charge is 0.473 e. The molecule has 0 bridgehead atoms. The van der Waals surface area contributed by atoms with Crippen LogP contribution in [0.2, 0.25) is 0 Å². The summed E-state index contributed by atoms with van der Waals surface area (Å²) in [5, 5.41) is 5.84. The molecule has 0 N–H and O–H groups in total. The number of fused-ring (bicyclic) bond motifs is 1. The molecule has 5 aromatic rings. The fourth-order valence-corrected chi connectivity index (χ4v) is 5.29. The minimum Gasteiger partial charge on any atom is -0.473 e. The lowest BCUT2D eigenvalue weighted by atomic mass is 10.0. The summed E-state index contributed by atoms with van der Waals surface area (Å²) in [4.78, 5) is 19.4. The molecule has 7 heteroatoms. The topological polar surface area (TPSA) is 69.5 Å². The maximum atomic E-state index is 12.7. The Morgan fingerprint density at radius 1 is 0.875 bits per heavy atom. The molecular formula is C33H32N4O3. The molecular weight excluding hydrogens is 500 g/mol. The van der Waals surface area contributed by atoms with Crippen LogP contribution >= 0.6 is 0 Å². The van der Waals surface area contributed by atoms with Crippen LogP contribution < -0.4 is 14.4 Å². The number of rotatable bonds is 8. The Hall–Kier alpha value is -4.65. The van der Waals surface area contributed by atoms with Gasteiger partial charge in [0.25, 0.3) is 0 Å². The second kappa shape index (κ2) is 11.2. The number of amides is 1. The monoisotopic (exact) mass is 532 g/mol. The predicted octanol–water partition coefficient (Wildman–Crippen LogP) is 6.70. The summed E-state index contributed by atoms with van der Waals surface area (Å²) in [5.74, 6) is 1.11. The lowest BCUT2D eigenvalue weighted by molar-refractivity contribution is -0.120. The minimum absolute atomic E-state index is 0.174. The zero-order chi connectivity index (χ0) is 27.5. The van der Waals surface area contributed by atoms with E-state index in [0.29, 0.717) is 31.4 Å². The van der Waals surface area contributed by atoms with Crippen molar-refractivity contribution < 1.29 is 14.3 Å². The van der Waals surface area contributed by atoms with Gasteiger partial charge in [-0.15, -0.1) is 0 Å². The van der Waals surface area contributed by atoms with Crippen molar-refractivity contribution in [1.29, 1.82) is 0 Å². The highest BCUT2D eigenvalue weighted by atomic mass is 16.5. The Balaban J connectivity index is 1.35. The van der Waals surface area contributed by atoms with Crippen LogP contribution in [0.3, 0.4) is 0 Å². The summed E-state index contributed by atoms with van der Waals surface area (Å²) in [6, 6.07) is 30.1. The van der Waals surface area contributed by atoms with Gasteiger partial charge < -0.3 is 14.4 Å². The molecule has 3 aromatic carbocycles. The number of aryl methyl sites for hydroxylation is 1. The molecule has 2 aromatic heterocycles. The molecule has 0 unspecified atom stereocenters. The zero-order valence-electron chi connectivity index (χ0n) is 22.8. The second-order valence-corrected chi connectivity index (χ2v) is 10.2. The molecule has 40 heavy (non-hydrogen) atoms. The van der Waals surface area contributed by atoms with E-state index in [1.807, 2.05) is 102 Å². The van der Waals surface area contributed by atoms with Crippen molar-refractivity contribution in [1.82, 2.24) is 14.8 Å². The van der Waals surface area contributed by atoms with Crippen LogP contribution in [-0.2, 0) is 25.1 Å². The molecule has 0 radical (unpaired) electrons. The van der Waals surface area contributed by atoms with Gasteiger partial charge in [-0.3, -0.25) is 9.48 Å². The van der Waals surface area contributed by atoms with Gasteiger partial charge >= 0.3 is 0 Å². The number of anilines is 1. The highest BCUT2D eigenvalue weighted by Crippen LogP contribution is 2.37. The average molecular weight is 533 g/mol. The molecule has 1 saturated heterocycles. The number of benzene rings is 3. The highest BCUT2D eigenvalue weighted by molar-refractivity contribution is 6.00. The van der Waals surface area contributed by atoms with E-state index in [1.54, 1.807) is 0 Å². The first-order valence-corrected chi connectivity index (χ1v) is 13.7. The Labute approximate surface area is 234 Å². The van der Waals surface area contributed by atoms with E-state index >= 15 is 0 Å². The van der Waals surface area contributed by atoms with E-state index in [4.69, 9.17) is 19.6 Å². The molecule has 1 aliphatic heterocycles. The number of hydrogen-bond acceptors (Lipinski definition) is 5. The maximum absolute atomic E-state index is 12.7. The second-order valence-electron chi connectivity index (χ2n) is 10.2. The van der Waals surface area contributed by atoms with Crippen molar-refractivity contribution in [3.63, 3.8) is 0 Å². The number of nitrogens with zero attached hydrogens (tertiary/aromatic N) is 4. The SMILES string of the molecule is C[C@@H]1CCCC(=O)N1c1ccc2c(-c3ccc(OCc4ccccc4)nc3OCc3ccccc3)nn(C)c2c1. The maximum Gasteiger partial charge on any atom is 0.227 e. The highest BCUT2D eigenvalue weighted by Gasteiger charge is 2.27. The van der Waals surface area contributed by atoms with E-state index < -0.39 is 0 Å². The van der Waals surface area contributed by atoms with Gasteiger partial charge in [0.15, 0.2) is 0 Å². The lowest BCUT2D eigenvalue weighted by Gasteiger charge is -2.33. The number of pyridine rings is 1. The first-order chi connectivity index (χ1) is 19.6. The molecule has 0 spiro atoms. The number of piperidine rings is 1. The van der Waals surface area contributed by atoms with Gasteiger partial charge in [-0.1, -0.05) is 60.7 Å². The third-order valence-electron chi connectivity index (χ3n) is 7.37. The fraction of sp³-hybridized carbons (Fsp3) is 0.242. The lowest BCUT2D eigenvalue weighted by Crippen LogP contribution is -2.42. The summed E-state index contributed by atoms with van der Waals surface area (Å²) in [5.41, 5.74) is 5.50. The van der Waals surface area contributed by atoms with E-state index in [0.717, 1.165) is 51.8 Å². The Kier molecular flexibility index (Phi) is 7.19. The van der Waals surface area contributed by atoms with Crippen LogP contribution in [0.25, 0.3) is 22.2 Å². The van der Waals surface area contributed by atoms with Crippen LogP contribution in [0.4, 0.5) is 5.69 Å². The van der Waals surface area contributed by atoms with E-state index in [-0.39, 0.29) is 11.9 Å². The third-order valence-corrected chi connectivity index (χ3v) is 7.37. The Morgan fingerprint density at radius 3 is 2.27 bits per heavy atom. The normalized spacial score (nSPS) is 15.4. The molecule has 7 nitrogen and oxygen atoms in total. The number of aromatic nitrogens is 3. The van der Waals surface area contributed by atoms with Crippen molar-refractivity contribution in [3.05, 3.63) is 102 Å².